The fraction of sp³-hybridized carbons (Fsp3) is 0.154. The van der Waals surface area contributed by atoms with Crippen LogP contribution in [0.1, 0.15) is 67.3 Å². The molecule has 0 fully saturated rings. The van der Waals surface area contributed by atoms with Gasteiger partial charge in [0.1, 0.15) is 23.0 Å². The number of aromatic nitrogens is 4. The minimum Gasteiger partial charge on any atom is -0.497 e. The average molecular weight is 850 g/mol. The van der Waals surface area contributed by atoms with Crippen LogP contribution < -0.4 is 18.9 Å². The Morgan fingerprint density at radius 1 is 0.328 bits per heavy atom. The zero-order chi connectivity index (χ0) is 41.0. The Bertz CT molecular complexity index is 2750. The van der Waals surface area contributed by atoms with Gasteiger partial charge in [0.05, 0.1) is 51.2 Å². The van der Waals surface area contributed by atoms with Crippen molar-refractivity contribution in [3.05, 3.63) is 189 Å². The van der Waals surface area contributed by atoms with Gasteiger partial charge < -0.3 is 28.9 Å². The van der Waals surface area contributed by atoms with Crippen molar-refractivity contribution in [2.75, 3.05) is 28.4 Å². The molecule has 9 heteroatoms. The number of H-pyrrole nitrogens is 2. The van der Waals surface area contributed by atoms with Crippen LogP contribution in [-0.4, -0.2) is 48.4 Å². The first-order valence-corrected chi connectivity index (χ1v) is 20.1. The van der Waals surface area contributed by atoms with Gasteiger partial charge in [-0.25, -0.2) is 9.97 Å². The van der Waals surface area contributed by atoms with Gasteiger partial charge in [-0.15, -0.1) is 0 Å². The van der Waals surface area contributed by atoms with Gasteiger partial charge in [-0.3, -0.25) is 0 Å². The van der Waals surface area contributed by atoms with Crippen molar-refractivity contribution in [1.29, 1.82) is 0 Å². The van der Waals surface area contributed by atoms with Crippen LogP contribution in [0, 0.1) is 0 Å². The Morgan fingerprint density at radius 3 is 0.869 bits per heavy atom. The molecule has 2 aliphatic rings. The molecule has 9 rings (SSSR count). The van der Waals surface area contributed by atoms with E-state index in [1.54, 1.807) is 28.4 Å². The van der Waals surface area contributed by atoms with Gasteiger partial charge >= 0.3 is 0 Å². The first kappa shape index (κ1) is 40.9. The van der Waals surface area contributed by atoms with Crippen molar-refractivity contribution in [3.63, 3.8) is 0 Å². The van der Waals surface area contributed by atoms with Gasteiger partial charge in [-0.1, -0.05) is 48.5 Å². The van der Waals surface area contributed by atoms with E-state index in [-0.39, 0.29) is 16.8 Å². The molecule has 0 saturated heterocycles. The molecule has 8 bridgehead atoms. The molecule has 0 spiro atoms. The minimum absolute atomic E-state index is 0. The molecule has 0 unspecified atom stereocenters. The normalized spacial score (nSPS) is 11.6. The Labute approximate surface area is 366 Å². The Morgan fingerprint density at radius 2 is 0.574 bits per heavy atom. The molecule has 307 valence electrons. The smallest absolute Gasteiger partial charge is 0.118 e. The third-order valence-corrected chi connectivity index (χ3v) is 11.3. The number of hydrogen-bond acceptors (Lipinski definition) is 6. The van der Waals surface area contributed by atoms with Crippen molar-refractivity contribution >= 4 is 46.4 Å². The predicted octanol–water partition coefficient (Wildman–Crippen LogP) is 11.1. The molecule has 8 nitrogen and oxygen atoms in total. The number of nitrogens with zero attached hydrogens (tertiary/aromatic N) is 2. The number of nitrogens with one attached hydrogen (secondary N) is 2. The van der Waals surface area contributed by atoms with Crippen molar-refractivity contribution in [2.45, 2.75) is 25.7 Å². The molecule has 5 heterocycles. The molecular weight excluding hydrogens is 804 g/mol. The number of hydrogen-bond donors (Lipinski definition) is 2. The molecule has 0 amide bonds. The molecule has 7 aromatic rings. The second kappa shape index (κ2) is 18.2. The summed E-state index contributed by atoms with van der Waals surface area (Å²) in [5, 5.41) is 0. The maximum absolute atomic E-state index is 5.50. The van der Waals surface area contributed by atoms with E-state index in [4.69, 9.17) is 28.9 Å². The van der Waals surface area contributed by atoms with Gasteiger partial charge in [-0.2, -0.15) is 0 Å². The fourth-order valence-electron chi connectivity index (χ4n) is 7.98. The summed E-state index contributed by atoms with van der Waals surface area (Å²) in [5.74, 6) is 3.29. The summed E-state index contributed by atoms with van der Waals surface area (Å²) < 4.78 is 22.0. The maximum Gasteiger partial charge on any atom is 0.118 e. The summed E-state index contributed by atoms with van der Waals surface area (Å²) in [6.07, 6.45) is 11.2. The summed E-state index contributed by atoms with van der Waals surface area (Å²) in [4.78, 5) is 18.6. The van der Waals surface area contributed by atoms with Gasteiger partial charge in [0.25, 0.3) is 0 Å². The molecule has 4 aromatic carbocycles. The standard InChI is InChI=1S/C52H46N4O4.Co/c1-57-37-13-5-33(6-14-37)29-41-45-21-23-47(53-45)42(30-34-7-15-38(58-2)16-8-34)49-25-27-51(55-49)44(32-36-11-19-40(60-4)20-12-36)52-28-26-50(56-52)43(48-24-22-46(41)54-48)31-35-9-17-39(59-3)18-10-35;/h5-28,53-54H,29-32H2,1-4H3;. The van der Waals surface area contributed by atoms with E-state index in [0.29, 0.717) is 25.7 Å². The van der Waals surface area contributed by atoms with Crippen molar-refractivity contribution in [3.8, 4) is 23.0 Å². The molecule has 61 heavy (non-hydrogen) atoms. The zero-order valence-electron chi connectivity index (χ0n) is 34.5. The molecule has 2 N–H and O–H groups in total. The van der Waals surface area contributed by atoms with Crippen molar-refractivity contribution in [2.24, 2.45) is 0 Å². The van der Waals surface area contributed by atoms with Crippen LogP contribution in [0.4, 0.5) is 0 Å². The van der Waals surface area contributed by atoms with Crippen LogP contribution in [-0.2, 0) is 42.5 Å². The Balaban J connectivity index is 0.00000514. The molecule has 1 radical (unpaired) electrons. The Kier molecular flexibility index (Phi) is 12.2. The zero-order valence-corrected chi connectivity index (χ0v) is 35.6. The van der Waals surface area contributed by atoms with E-state index in [9.17, 15) is 0 Å². The monoisotopic (exact) mass is 849 g/mol. The minimum atomic E-state index is 0. The largest absolute Gasteiger partial charge is 0.497 e. The Hall–Kier alpha value is -6.81. The van der Waals surface area contributed by atoms with E-state index in [1.165, 1.54) is 5.56 Å². The maximum atomic E-state index is 5.50. The summed E-state index contributed by atoms with van der Waals surface area (Å²) in [6, 6.07) is 41.8. The van der Waals surface area contributed by atoms with E-state index < -0.39 is 0 Å². The topological polar surface area (TPSA) is 94.3 Å². The van der Waals surface area contributed by atoms with Crippen LogP contribution in [0.15, 0.2) is 121 Å². The number of aromatic amines is 2. The number of benzene rings is 4. The summed E-state index contributed by atoms with van der Waals surface area (Å²) in [6.45, 7) is 0. The second-order valence-corrected chi connectivity index (χ2v) is 15.0. The molecule has 0 saturated carbocycles. The van der Waals surface area contributed by atoms with E-state index in [2.05, 4.69) is 107 Å². The number of fused-ring (bicyclic) bond motifs is 8. The van der Waals surface area contributed by atoms with Crippen LogP contribution >= 0.6 is 0 Å². The van der Waals surface area contributed by atoms with Gasteiger partial charge in [0.2, 0.25) is 0 Å². The van der Waals surface area contributed by atoms with Crippen LogP contribution in [0.2, 0.25) is 0 Å². The third-order valence-electron chi connectivity index (χ3n) is 11.3. The average Bonchev–Trinajstić information content (AvgIpc) is 4.15. The van der Waals surface area contributed by atoms with Gasteiger partial charge in [0.15, 0.2) is 0 Å². The number of ether oxygens (including phenoxy) is 4. The number of rotatable bonds is 12. The fourth-order valence-corrected chi connectivity index (χ4v) is 7.98. The van der Waals surface area contributed by atoms with Crippen molar-refractivity contribution < 1.29 is 35.7 Å². The van der Waals surface area contributed by atoms with E-state index >= 15 is 0 Å². The summed E-state index contributed by atoms with van der Waals surface area (Å²) >= 11 is 0. The SMILES string of the molecule is COc1ccc(Cc2c3nc(c(Cc4ccc(OC)cc4)c4ccc([nH]4)c(Cc4ccc(OC)cc4)c4ccc([nH]4)c(Cc4ccc(OC)cc4)c4nc2C=C4)C=C3)cc1.[Co]. The molecule has 3 aromatic heterocycles. The third kappa shape index (κ3) is 8.89. The first-order valence-electron chi connectivity index (χ1n) is 20.1. The molecule has 2 aliphatic heterocycles. The van der Waals surface area contributed by atoms with E-state index in [0.717, 1.165) is 107 Å². The summed E-state index contributed by atoms with van der Waals surface area (Å²) in [7, 11) is 6.77. The summed E-state index contributed by atoms with van der Waals surface area (Å²) in [5.41, 5.74) is 16.7. The quantitative estimate of drug-likeness (QED) is 0.127. The first-order chi connectivity index (χ1) is 29.5. The second-order valence-electron chi connectivity index (χ2n) is 15.0. The molecule has 0 atom stereocenters. The van der Waals surface area contributed by atoms with Crippen LogP contribution in [0.25, 0.3) is 46.4 Å². The van der Waals surface area contributed by atoms with Gasteiger partial charge in [-0.05, 0) is 119 Å². The van der Waals surface area contributed by atoms with Gasteiger partial charge in [0, 0.05) is 86.8 Å². The number of methoxy groups -OCH3 is 4. The van der Waals surface area contributed by atoms with E-state index in [1.807, 2.05) is 48.5 Å². The van der Waals surface area contributed by atoms with Crippen molar-refractivity contribution in [1.82, 2.24) is 19.9 Å². The predicted molar refractivity (Wildman–Crippen MR) is 242 cm³/mol. The van der Waals surface area contributed by atoms with Crippen LogP contribution in [0.3, 0.4) is 0 Å². The molecular formula is C52H46CoN4O4. The molecule has 0 aliphatic carbocycles. The van der Waals surface area contributed by atoms with Crippen LogP contribution in [0.5, 0.6) is 23.0 Å².